The summed E-state index contributed by atoms with van der Waals surface area (Å²) in [6.45, 7) is 0.340. The van der Waals surface area contributed by atoms with Gasteiger partial charge in [0.15, 0.2) is 0 Å². The van der Waals surface area contributed by atoms with Crippen molar-refractivity contribution in [1.82, 2.24) is 5.32 Å². The second-order valence-electron chi connectivity index (χ2n) is 6.64. The van der Waals surface area contributed by atoms with Gasteiger partial charge in [-0.3, -0.25) is 4.79 Å². The standard InChI is InChI=1S/C23H26N2O3.ClH/c1-27-20-10-11-22(28-2)19(14-20)9-12-23(26)25-21(15-24)18-8-7-16-5-3-4-6-17(16)13-18;/h3-8,10-11,13-14,21H,9,12,15,24H2,1-2H3,(H,25,26);1H. The Morgan fingerprint density at radius 1 is 1.00 bits per heavy atom. The van der Waals surface area contributed by atoms with Crippen molar-refractivity contribution < 1.29 is 14.3 Å². The predicted octanol–water partition coefficient (Wildman–Crippen LogP) is 4.03. The number of halogens is 1. The lowest BCUT2D eigenvalue weighted by Crippen LogP contribution is -2.33. The number of carbonyl (C=O) groups excluding carboxylic acids is 1. The molecule has 0 spiro atoms. The molecule has 3 aromatic rings. The van der Waals surface area contributed by atoms with Crippen molar-refractivity contribution in [2.24, 2.45) is 5.73 Å². The molecule has 3 aromatic carbocycles. The van der Waals surface area contributed by atoms with Crippen LogP contribution < -0.4 is 20.5 Å². The zero-order valence-electron chi connectivity index (χ0n) is 16.7. The van der Waals surface area contributed by atoms with E-state index in [1.54, 1.807) is 14.2 Å². The smallest absolute Gasteiger partial charge is 0.220 e. The molecule has 0 saturated carbocycles. The third-order valence-electron chi connectivity index (χ3n) is 4.86. The number of hydrogen-bond donors (Lipinski definition) is 2. The number of nitrogens with one attached hydrogen (secondary N) is 1. The molecule has 154 valence electrons. The van der Waals surface area contributed by atoms with Gasteiger partial charge >= 0.3 is 0 Å². The highest BCUT2D eigenvalue weighted by Gasteiger charge is 2.15. The maximum Gasteiger partial charge on any atom is 0.220 e. The molecule has 0 bridgehead atoms. The maximum atomic E-state index is 12.5. The minimum atomic E-state index is -0.218. The number of carbonyl (C=O) groups is 1. The Balaban J connectivity index is 0.00000300. The van der Waals surface area contributed by atoms with Gasteiger partial charge in [0.1, 0.15) is 11.5 Å². The number of nitrogens with two attached hydrogens (primary N) is 1. The van der Waals surface area contributed by atoms with Crippen LogP contribution in [0.15, 0.2) is 60.7 Å². The number of benzene rings is 3. The van der Waals surface area contributed by atoms with Crippen molar-refractivity contribution in [1.29, 1.82) is 0 Å². The van der Waals surface area contributed by atoms with Gasteiger partial charge in [-0.1, -0.05) is 36.4 Å². The van der Waals surface area contributed by atoms with E-state index in [2.05, 4.69) is 29.6 Å². The first kappa shape index (κ1) is 22.5. The molecule has 6 heteroatoms. The van der Waals surface area contributed by atoms with Gasteiger partial charge in [-0.2, -0.15) is 0 Å². The summed E-state index contributed by atoms with van der Waals surface area (Å²) in [6.07, 6.45) is 0.898. The summed E-state index contributed by atoms with van der Waals surface area (Å²) in [5, 5.41) is 5.35. The van der Waals surface area contributed by atoms with Gasteiger partial charge < -0.3 is 20.5 Å². The van der Waals surface area contributed by atoms with E-state index in [4.69, 9.17) is 15.2 Å². The van der Waals surface area contributed by atoms with Crippen molar-refractivity contribution in [3.63, 3.8) is 0 Å². The highest BCUT2D eigenvalue weighted by atomic mass is 35.5. The van der Waals surface area contributed by atoms with Gasteiger partial charge in [-0.05, 0) is 52.6 Å². The monoisotopic (exact) mass is 414 g/mol. The van der Waals surface area contributed by atoms with Crippen LogP contribution in [0.25, 0.3) is 10.8 Å². The summed E-state index contributed by atoms with van der Waals surface area (Å²) in [7, 11) is 3.24. The molecular formula is C23H27ClN2O3. The van der Waals surface area contributed by atoms with E-state index in [1.807, 2.05) is 36.4 Å². The highest BCUT2D eigenvalue weighted by Crippen LogP contribution is 2.25. The summed E-state index contributed by atoms with van der Waals surface area (Å²) < 4.78 is 10.6. The van der Waals surface area contributed by atoms with Gasteiger partial charge in [-0.25, -0.2) is 0 Å². The van der Waals surface area contributed by atoms with Gasteiger partial charge in [-0.15, -0.1) is 12.4 Å². The zero-order chi connectivity index (χ0) is 19.9. The van der Waals surface area contributed by atoms with Crippen molar-refractivity contribution in [2.45, 2.75) is 18.9 Å². The number of methoxy groups -OCH3 is 2. The Bertz CT molecular complexity index is 962. The van der Waals surface area contributed by atoms with Crippen molar-refractivity contribution in [3.05, 3.63) is 71.8 Å². The van der Waals surface area contributed by atoms with Crippen LogP contribution in [0, 0.1) is 0 Å². The Morgan fingerprint density at radius 3 is 2.45 bits per heavy atom. The first-order valence-corrected chi connectivity index (χ1v) is 9.33. The lowest BCUT2D eigenvalue weighted by atomic mass is 10.0. The van der Waals surface area contributed by atoms with Gasteiger partial charge in [0, 0.05) is 13.0 Å². The minimum Gasteiger partial charge on any atom is -0.497 e. The lowest BCUT2D eigenvalue weighted by molar-refractivity contribution is -0.121. The molecule has 1 atom stereocenters. The summed E-state index contributed by atoms with van der Waals surface area (Å²) in [6, 6.07) is 19.7. The van der Waals surface area contributed by atoms with Crippen molar-refractivity contribution in [3.8, 4) is 11.5 Å². The highest BCUT2D eigenvalue weighted by molar-refractivity contribution is 5.85. The molecule has 5 nitrogen and oxygen atoms in total. The zero-order valence-corrected chi connectivity index (χ0v) is 17.5. The lowest BCUT2D eigenvalue weighted by Gasteiger charge is -2.18. The third kappa shape index (κ3) is 5.62. The normalized spacial score (nSPS) is 11.4. The average molecular weight is 415 g/mol. The Morgan fingerprint density at radius 2 is 1.76 bits per heavy atom. The fourth-order valence-corrected chi connectivity index (χ4v) is 3.29. The first-order valence-electron chi connectivity index (χ1n) is 9.33. The van der Waals surface area contributed by atoms with Gasteiger partial charge in [0.05, 0.1) is 20.3 Å². The topological polar surface area (TPSA) is 73.6 Å². The molecular weight excluding hydrogens is 388 g/mol. The molecule has 0 aliphatic carbocycles. The molecule has 0 aliphatic rings. The molecule has 3 rings (SSSR count). The van der Waals surface area contributed by atoms with E-state index in [-0.39, 0.29) is 24.4 Å². The second kappa shape index (κ2) is 10.7. The number of aryl methyl sites for hydroxylation is 1. The van der Waals surface area contributed by atoms with Crippen LogP contribution in [0.5, 0.6) is 11.5 Å². The molecule has 0 saturated heterocycles. The molecule has 0 fully saturated rings. The second-order valence-corrected chi connectivity index (χ2v) is 6.64. The van der Waals surface area contributed by atoms with Crippen molar-refractivity contribution >= 4 is 29.1 Å². The minimum absolute atomic E-state index is 0. The number of rotatable bonds is 8. The molecule has 1 amide bonds. The van der Waals surface area contributed by atoms with Gasteiger partial charge in [0.25, 0.3) is 0 Å². The molecule has 0 aromatic heterocycles. The summed E-state index contributed by atoms with van der Waals surface area (Å²) >= 11 is 0. The van der Waals surface area contributed by atoms with Crippen LogP contribution in [-0.4, -0.2) is 26.7 Å². The largest absolute Gasteiger partial charge is 0.497 e. The van der Waals surface area contributed by atoms with E-state index < -0.39 is 0 Å². The molecule has 0 heterocycles. The molecule has 1 unspecified atom stereocenters. The fourth-order valence-electron chi connectivity index (χ4n) is 3.29. The number of hydrogen-bond acceptors (Lipinski definition) is 4. The Hall–Kier alpha value is -2.76. The van der Waals surface area contributed by atoms with E-state index in [9.17, 15) is 4.79 Å². The average Bonchev–Trinajstić information content (AvgIpc) is 2.75. The molecule has 3 N–H and O–H groups in total. The molecule has 0 radical (unpaired) electrons. The van der Waals surface area contributed by atoms with E-state index in [0.717, 1.165) is 28.0 Å². The summed E-state index contributed by atoms with van der Waals surface area (Å²) in [4.78, 5) is 12.5. The van der Waals surface area contributed by atoms with Gasteiger partial charge in [0.2, 0.25) is 5.91 Å². The van der Waals surface area contributed by atoms with Crippen LogP contribution in [0.2, 0.25) is 0 Å². The molecule has 0 aliphatic heterocycles. The third-order valence-corrected chi connectivity index (χ3v) is 4.86. The van der Waals surface area contributed by atoms with Crippen LogP contribution in [-0.2, 0) is 11.2 Å². The predicted molar refractivity (Wildman–Crippen MR) is 119 cm³/mol. The Labute approximate surface area is 177 Å². The number of fused-ring (bicyclic) bond motifs is 1. The summed E-state index contributed by atoms with van der Waals surface area (Å²) in [5.41, 5.74) is 7.88. The SMILES string of the molecule is COc1ccc(OC)c(CCC(=O)NC(CN)c2ccc3ccccc3c2)c1.Cl. The van der Waals surface area contributed by atoms with E-state index in [0.29, 0.717) is 19.4 Å². The summed E-state index contributed by atoms with van der Waals surface area (Å²) in [5.74, 6) is 1.44. The Kier molecular flexibility index (Phi) is 8.31. The quantitative estimate of drug-likeness (QED) is 0.583. The first-order chi connectivity index (χ1) is 13.6. The van der Waals surface area contributed by atoms with E-state index in [1.165, 1.54) is 5.39 Å². The van der Waals surface area contributed by atoms with Crippen LogP contribution >= 0.6 is 12.4 Å². The number of ether oxygens (including phenoxy) is 2. The maximum absolute atomic E-state index is 12.5. The van der Waals surface area contributed by atoms with Crippen LogP contribution in [0.4, 0.5) is 0 Å². The molecule has 29 heavy (non-hydrogen) atoms. The van der Waals surface area contributed by atoms with E-state index >= 15 is 0 Å². The van der Waals surface area contributed by atoms with Crippen LogP contribution in [0.1, 0.15) is 23.6 Å². The number of amides is 1. The van der Waals surface area contributed by atoms with Crippen molar-refractivity contribution in [2.75, 3.05) is 20.8 Å². The fraction of sp³-hybridized carbons (Fsp3) is 0.261. The van der Waals surface area contributed by atoms with Crippen LogP contribution in [0.3, 0.4) is 0 Å².